The first-order valence-corrected chi connectivity index (χ1v) is 9.35. The number of sulfonamides is 1. The minimum atomic E-state index is -4.01. The second kappa shape index (κ2) is 7.25. The highest BCUT2D eigenvalue weighted by atomic mass is 32.2. The number of amides is 1. The van der Waals surface area contributed by atoms with E-state index in [0.717, 1.165) is 56.6 Å². The Bertz CT molecular complexity index is 653. The van der Waals surface area contributed by atoms with Gasteiger partial charge in [0.1, 0.15) is 12.2 Å². The van der Waals surface area contributed by atoms with Gasteiger partial charge in [0.25, 0.3) is 0 Å². The predicted octanol–water partition coefficient (Wildman–Crippen LogP) is 2.18. The molecule has 1 amide bonds. The number of hydrogen-bond donors (Lipinski definition) is 1. The fourth-order valence-electron chi connectivity index (χ4n) is 2.74. The molecular weight excluding hydrogens is 326 g/mol. The molecule has 0 aliphatic heterocycles. The van der Waals surface area contributed by atoms with Crippen LogP contribution in [0.1, 0.15) is 32.1 Å². The van der Waals surface area contributed by atoms with Crippen LogP contribution in [0.15, 0.2) is 18.2 Å². The number of para-hydroxylation sites is 1. The molecule has 1 saturated carbocycles. The third-order valence-electron chi connectivity index (χ3n) is 3.84. The molecule has 0 radical (unpaired) electrons. The zero-order valence-corrected chi connectivity index (χ0v) is 13.7. The average molecular weight is 346 g/mol. The fourth-order valence-corrected chi connectivity index (χ4v) is 3.60. The topological polar surface area (TPSA) is 66.5 Å². The summed E-state index contributed by atoms with van der Waals surface area (Å²) in [6.07, 6.45) is 5.59. The molecule has 1 aromatic carbocycles. The molecule has 0 spiro atoms. The molecule has 0 heterocycles. The van der Waals surface area contributed by atoms with Crippen molar-refractivity contribution in [3.8, 4) is 0 Å². The number of anilines is 1. The van der Waals surface area contributed by atoms with Crippen molar-refractivity contribution in [2.45, 2.75) is 38.1 Å². The van der Waals surface area contributed by atoms with Crippen LogP contribution in [0.5, 0.6) is 0 Å². The van der Waals surface area contributed by atoms with E-state index in [4.69, 9.17) is 0 Å². The van der Waals surface area contributed by atoms with E-state index in [0.29, 0.717) is 4.31 Å². The Hall–Kier alpha value is -1.70. The molecule has 0 saturated heterocycles. The van der Waals surface area contributed by atoms with E-state index in [-0.39, 0.29) is 6.04 Å². The SMILES string of the molecule is CS(=O)(=O)N(CC(=O)NC1CCCCC1)c1c(F)cccc1F. The van der Waals surface area contributed by atoms with Gasteiger partial charge in [-0.1, -0.05) is 25.3 Å². The molecule has 1 aliphatic carbocycles. The summed E-state index contributed by atoms with van der Waals surface area (Å²) in [4.78, 5) is 12.1. The molecule has 1 N–H and O–H groups in total. The van der Waals surface area contributed by atoms with Gasteiger partial charge in [0.05, 0.1) is 6.26 Å². The van der Waals surface area contributed by atoms with Crippen LogP contribution in [0.4, 0.5) is 14.5 Å². The van der Waals surface area contributed by atoms with Gasteiger partial charge in [-0.15, -0.1) is 0 Å². The molecule has 1 fully saturated rings. The highest BCUT2D eigenvalue weighted by Gasteiger charge is 2.27. The largest absolute Gasteiger partial charge is 0.352 e. The van der Waals surface area contributed by atoms with Crippen molar-refractivity contribution >= 4 is 21.6 Å². The fraction of sp³-hybridized carbons (Fsp3) is 0.533. The summed E-state index contributed by atoms with van der Waals surface area (Å²) in [6.45, 7) is -0.646. The van der Waals surface area contributed by atoms with Crippen LogP contribution in [0, 0.1) is 11.6 Å². The van der Waals surface area contributed by atoms with Crippen molar-refractivity contribution in [2.24, 2.45) is 0 Å². The summed E-state index contributed by atoms with van der Waals surface area (Å²) in [5.41, 5.74) is -0.728. The number of hydrogen-bond acceptors (Lipinski definition) is 3. The lowest BCUT2D eigenvalue weighted by molar-refractivity contribution is -0.120. The molecule has 0 aromatic heterocycles. The summed E-state index contributed by atoms with van der Waals surface area (Å²) in [6, 6.07) is 3.03. The lowest BCUT2D eigenvalue weighted by Crippen LogP contribution is -2.45. The van der Waals surface area contributed by atoms with Crippen LogP contribution in [0.25, 0.3) is 0 Å². The molecule has 0 unspecified atom stereocenters. The maximum absolute atomic E-state index is 13.9. The van der Waals surface area contributed by atoms with Crippen LogP contribution in [-0.2, 0) is 14.8 Å². The molecular formula is C15H20F2N2O3S. The maximum Gasteiger partial charge on any atom is 0.241 e. The van der Waals surface area contributed by atoms with Crippen molar-refractivity contribution in [3.63, 3.8) is 0 Å². The van der Waals surface area contributed by atoms with Crippen molar-refractivity contribution < 1.29 is 22.0 Å². The Morgan fingerprint density at radius 2 is 1.78 bits per heavy atom. The number of rotatable bonds is 5. The van der Waals surface area contributed by atoms with Gasteiger partial charge >= 0.3 is 0 Å². The maximum atomic E-state index is 13.9. The average Bonchev–Trinajstić information content (AvgIpc) is 2.46. The zero-order valence-electron chi connectivity index (χ0n) is 12.9. The van der Waals surface area contributed by atoms with E-state index in [9.17, 15) is 22.0 Å². The first kappa shape index (κ1) is 17.7. The Labute approximate surface area is 134 Å². The van der Waals surface area contributed by atoms with E-state index < -0.39 is 39.8 Å². The summed E-state index contributed by atoms with van der Waals surface area (Å²) < 4.78 is 51.9. The van der Waals surface area contributed by atoms with Gasteiger partial charge in [-0.05, 0) is 25.0 Å². The number of nitrogens with zero attached hydrogens (tertiary/aromatic N) is 1. The van der Waals surface area contributed by atoms with Crippen LogP contribution in [0.3, 0.4) is 0 Å². The van der Waals surface area contributed by atoms with E-state index in [2.05, 4.69) is 5.32 Å². The van der Waals surface area contributed by atoms with E-state index in [1.807, 2.05) is 0 Å². The Balaban J connectivity index is 2.18. The van der Waals surface area contributed by atoms with Crippen molar-refractivity contribution in [1.82, 2.24) is 5.32 Å². The van der Waals surface area contributed by atoms with Crippen molar-refractivity contribution in [3.05, 3.63) is 29.8 Å². The quantitative estimate of drug-likeness (QED) is 0.889. The van der Waals surface area contributed by atoms with Gasteiger partial charge in [0, 0.05) is 6.04 Å². The minimum Gasteiger partial charge on any atom is -0.352 e. The summed E-state index contributed by atoms with van der Waals surface area (Å²) in [5, 5.41) is 2.74. The standard InChI is InChI=1S/C15H20F2N2O3S/c1-23(21,22)19(15-12(16)8-5-9-13(15)17)10-14(20)18-11-6-3-2-4-7-11/h5,8-9,11H,2-4,6-7,10H2,1H3,(H,18,20). The number of benzene rings is 1. The van der Waals surface area contributed by atoms with Gasteiger partial charge in [-0.3, -0.25) is 9.10 Å². The van der Waals surface area contributed by atoms with Gasteiger partial charge in [-0.25, -0.2) is 17.2 Å². The summed E-state index contributed by atoms with van der Waals surface area (Å²) >= 11 is 0. The third kappa shape index (κ3) is 4.63. The first-order valence-electron chi connectivity index (χ1n) is 7.50. The molecule has 8 heteroatoms. The Morgan fingerprint density at radius 3 is 2.30 bits per heavy atom. The molecule has 2 rings (SSSR count). The number of halogens is 2. The van der Waals surface area contributed by atoms with E-state index in [1.165, 1.54) is 0 Å². The molecule has 1 aromatic rings. The number of carbonyl (C=O) groups is 1. The summed E-state index contributed by atoms with van der Waals surface area (Å²) in [7, 11) is -4.01. The first-order chi connectivity index (χ1) is 10.8. The summed E-state index contributed by atoms with van der Waals surface area (Å²) in [5.74, 6) is -2.62. The number of nitrogens with one attached hydrogen (secondary N) is 1. The molecule has 0 atom stereocenters. The Morgan fingerprint density at radius 1 is 1.22 bits per heavy atom. The molecule has 23 heavy (non-hydrogen) atoms. The van der Waals surface area contributed by atoms with Gasteiger partial charge in [-0.2, -0.15) is 0 Å². The van der Waals surface area contributed by atoms with Crippen LogP contribution in [-0.4, -0.2) is 33.2 Å². The smallest absolute Gasteiger partial charge is 0.241 e. The lowest BCUT2D eigenvalue weighted by atomic mass is 9.95. The van der Waals surface area contributed by atoms with Gasteiger partial charge in [0.15, 0.2) is 11.6 Å². The normalized spacial score (nSPS) is 16.1. The van der Waals surface area contributed by atoms with E-state index in [1.54, 1.807) is 0 Å². The molecule has 5 nitrogen and oxygen atoms in total. The highest BCUT2D eigenvalue weighted by Crippen LogP contribution is 2.25. The van der Waals surface area contributed by atoms with Crippen LogP contribution < -0.4 is 9.62 Å². The second-order valence-corrected chi connectivity index (χ2v) is 7.65. The van der Waals surface area contributed by atoms with E-state index >= 15 is 0 Å². The Kier molecular flexibility index (Phi) is 5.56. The zero-order chi connectivity index (χ0) is 17.0. The van der Waals surface area contributed by atoms with Gasteiger partial charge < -0.3 is 5.32 Å². The van der Waals surface area contributed by atoms with Crippen molar-refractivity contribution in [1.29, 1.82) is 0 Å². The van der Waals surface area contributed by atoms with Gasteiger partial charge in [0.2, 0.25) is 15.9 Å². The third-order valence-corrected chi connectivity index (χ3v) is 4.96. The highest BCUT2D eigenvalue weighted by molar-refractivity contribution is 7.92. The molecule has 0 bridgehead atoms. The van der Waals surface area contributed by atoms with Crippen LogP contribution in [0.2, 0.25) is 0 Å². The minimum absolute atomic E-state index is 0.0110. The predicted molar refractivity (Wildman–Crippen MR) is 83.6 cm³/mol. The molecule has 128 valence electrons. The van der Waals surface area contributed by atoms with Crippen LogP contribution >= 0.6 is 0 Å². The monoisotopic (exact) mass is 346 g/mol. The lowest BCUT2D eigenvalue weighted by Gasteiger charge is -2.26. The second-order valence-electron chi connectivity index (χ2n) is 5.74. The molecule has 1 aliphatic rings. The number of carbonyl (C=O) groups excluding carboxylic acids is 1. The van der Waals surface area contributed by atoms with Crippen molar-refractivity contribution in [2.75, 3.05) is 17.1 Å².